The number of aliphatic hydroxyl groups excluding tert-OH is 1. The van der Waals surface area contributed by atoms with Crippen LogP contribution < -0.4 is 70.8 Å². The number of guanidine groups is 1. The summed E-state index contributed by atoms with van der Waals surface area (Å²) >= 11 is 6.26. The maximum absolute atomic E-state index is 15.1. The molecule has 7 rings (SSSR count). The Morgan fingerprint density at radius 2 is 1.03 bits per heavy atom. The summed E-state index contributed by atoms with van der Waals surface area (Å²) < 4.78 is 5.54. The number of rotatable bonds is 40. The van der Waals surface area contributed by atoms with Gasteiger partial charge >= 0.3 is 0 Å². The van der Waals surface area contributed by atoms with Gasteiger partial charge in [0.05, 0.1) is 19.8 Å². The number of ether oxygens (including phenoxy) is 1. The molecule has 0 radical (unpaired) electrons. The number of nitrogens with one attached hydrogen (secondary N) is 9. The number of amides is 11. The number of benzene rings is 5. The van der Waals surface area contributed by atoms with Gasteiger partial charge in [0.15, 0.2) is 5.96 Å². The van der Waals surface area contributed by atoms with E-state index in [0.29, 0.717) is 54.3 Å². The van der Waals surface area contributed by atoms with Gasteiger partial charge in [0.2, 0.25) is 65.0 Å². The molecule has 5 aromatic rings. The molecule has 106 heavy (non-hydrogen) atoms. The summed E-state index contributed by atoms with van der Waals surface area (Å²) in [6.07, 6.45) is 1.21. The highest BCUT2D eigenvalue weighted by Crippen LogP contribution is 2.23. The summed E-state index contributed by atoms with van der Waals surface area (Å²) in [6.45, 7) is 9.03. The van der Waals surface area contributed by atoms with E-state index in [2.05, 4.69) is 57.7 Å². The Labute approximate surface area is 623 Å². The van der Waals surface area contributed by atoms with Crippen molar-refractivity contribution in [2.75, 3.05) is 52.5 Å². The van der Waals surface area contributed by atoms with Crippen molar-refractivity contribution in [3.8, 4) is 0 Å². The third kappa shape index (κ3) is 26.5. The number of hydrogen-bond acceptors (Lipinski definition) is 16. The average molecular weight is 1480 g/mol. The highest BCUT2D eigenvalue weighted by Gasteiger charge is 2.40. The fourth-order valence-corrected chi connectivity index (χ4v) is 12.8. The summed E-state index contributed by atoms with van der Waals surface area (Å²) in [5.74, 6) is -8.85. The van der Waals surface area contributed by atoms with Crippen molar-refractivity contribution in [1.82, 2.24) is 57.7 Å². The Bertz CT molecular complexity index is 3820. The predicted octanol–water partition coefficient (Wildman–Crippen LogP) is 0.696. The van der Waals surface area contributed by atoms with Gasteiger partial charge in [-0.25, -0.2) is 0 Å². The second kappa shape index (κ2) is 42.2. The smallest absolute Gasteiger partial charge is 0.245 e. The lowest BCUT2D eigenvalue weighted by molar-refractivity contribution is -0.142. The van der Waals surface area contributed by atoms with Crippen LogP contribution in [0.5, 0.6) is 0 Å². The molecule has 2 aliphatic rings. The van der Waals surface area contributed by atoms with Crippen molar-refractivity contribution >= 4 is 93.3 Å². The molecule has 2 aliphatic heterocycles. The quantitative estimate of drug-likeness (QED) is 0.0146. The van der Waals surface area contributed by atoms with Crippen LogP contribution in [0.4, 0.5) is 0 Å². The number of hydrogen-bond donors (Lipinski definition) is 14. The molecule has 0 spiro atoms. The SMILES string of the molecule is CC(=O)N[C@H](Cc1cccc2ccccc12)C(=O)N[C@H](Cc1ccc(Cl)cc1)C(=O)N[C@H](Cc1ccccc1)C(=O)N[C@@H](CO)C(=O)N[C@@H](CCCCN)C(=O)N[C@H](Cc1ccc(CN2CCOCC2)cc1)C(=O)N[C@@H](CC(C)C)C(=O)N[C@@H](CCCN=C(N)N)C(=O)N1CCC[C@H]1C(=O)N[C@H](C)C(N)=O. The lowest BCUT2D eigenvalue weighted by Gasteiger charge is -2.31. The fraction of sp³-hybridized carbons (Fsp3) is 0.474. The van der Waals surface area contributed by atoms with Crippen molar-refractivity contribution in [3.63, 3.8) is 0 Å². The molecule has 18 N–H and O–H groups in total. The van der Waals surface area contributed by atoms with E-state index < -0.39 is 132 Å². The van der Waals surface area contributed by atoms with Crippen LogP contribution in [0.2, 0.25) is 5.02 Å². The minimum absolute atomic E-state index is 0.000444. The number of primary amides is 1. The first-order chi connectivity index (χ1) is 50.8. The van der Waals surface area contributed by atoms with Gasteiger partial charge < -0.3 is 85.5 Å². The molecule has 0 unspecified atom stereocenters. The lowest BCUT2D eigenvalue weighted by Crippen LogP contribution is -2.61. The standard InChI is InChI=1S/C76H103ClN16O13/c1-46(2)39-59(68(98)86-58(22-13-33-82-76(80)81)75(105)93-34-14-23-65(93)74(104)83-47(3)66(79)96)87-69(99)61(41-50-24-26-52(27-25-50)44-92-35-37-106-38-36-92)88-67(97)57(21-10-11-32-78)85-73(103)64(45-94)91-71(101)60(40-49-15-6-5-7-16-49)89-70(100)62(42-51-28-30-55(77)31-29-51)90-72(102)63(84-48(4)95)43-54-19-12-18-53-17-8-9-20-56(53)54/h5-9,12,15-20,24-31,46-47,57-65,94H,10-11,13-14,21-23,32-45,78H2,1-4H3,(H2,79,96)(H,83,104)(H,84,95)(H,85,103)(H,86,98)(H,87,99)(H,88,97)(H,89,100)(H,90,102)(H,91,101)(H4,80,81,82)/t47-,57+,58+,59+,60-,61-,62-,63-,64+,65+/m1/s1. The maximum Gasteiger partial charge on any atom is 0.245 e. The Balaban J connectivity index is 1.14. The second-order valence-electron chi connectivity index (χ2n) is 27.3. The minimum Gasteiger partial charge on any atom is -0.394 e. The van der Waals surface area contributed by atoms with Crippen LogP contribution in [0.25, 0.3) is 10.8 Å². The zero-order valence-electron chi connectivity index (χ0n) is 60.6. The van der Waals surface area contributed by atoms with Gasteiger partial charge in [-0.3, -0.25) is 62.6 Å². The van der Waals surface area contributed by atoms with Crippen molar-refractivity contribution in [2.24, 2.45) is 33.8 Å². The topological polar surface area (TPSA) is 448 Å². The second-order valence-corrected chi connectivity index (χ2v) is 27.8. The summed E-state index contributed by atoms with van der Waals surface area (Å²) in [6, 6.07) is 22.5. The van der Waals surface area contributed by atoms with Crippen LogP contribution in [0, 0.1) is 5.92 Å². The highest BCUT2D eigenvalue weighted by atomic mass is 35.5. The minimum atomic E-state index is -1.75. The van der Waals surface area contributed by atoms with E-state index in [1.165, 1.54) is 18.7 Å². The molecular weight excluding hydrogens is 1380 g/mol. The number of halogens is 1. The Hall–Kier alpha value is -10.1. The number of likely N-dealkylation sites (tertiary alicyclic amines) is 1. The van der Waals surface area contributed by atoms with E-state index in [1.54, 1.807) is 54.6 Å². The number of fused-ring (bicyclic) bond motifs is 1. The molecule has 29 nitrogen and oxygen atoms in total. The van der Waals surface area contributed by atoms with Crippen LogP contribution in [0.3, 0.4) is 0 Å². The molecule has 30 heteroatoms. The zero-order chi connectivity index (χ0) is 76.8. The Morgan fingerprint density at radius 3 is 1.60 bits per heavy atom. The van der Waals surface area contributed by atoms with Crippen LogP contribution in [-0.2, 0) is 89.7 Å². The summed E-state index contributed by atoms with van der Waals surface area (Å²) in [5.41, 5.74) is 26.1. The van der Waals surface area contributed by atoms with Crippen LogP contribution in [0.1, 0.15) is 107 Å². The number of carbonyl (C=O) groups is 11. The monoisotopic (exact) mass is 1480 g/mol. The van der Waals surface area contributed by atoms with Crippen LogP contribution in [-0.4, -0.2) is 199 Å². The van der Waals surface area contributed by atoms with E-state index in [-0.39, 0.29) is 95.7 Å². The number of nitrogens with two attached hydrogens (primary N) is 4. The van der Waals surface area contributed by atoms with Crippen LogP contribution >= 0.6 is 11.6 Å². The first-order valence-electron chi connectivity index (χ1n) is 36.1. The molecule has 0 aliphatic carbocycles. The molecule has 2 saturated heterocycles. The lowest BCUT2D eigenvalue weighted by atomic mass is 9.97. The fourth-order valence-electron chi connectivity index (χ4n) is 12.7. The van der Waals surface area contributed by atoms with Gasteiger partial charge in [-0.05, 0) is 121 Å². The van der Waals surface area contributed by atoms with E-state index in [4.69, 9.17) is 39.3 Å². The molecule has 0 bridgehead atoms. The van der Waals surface area contributed by atoms with Gasteiger partial charge in [-0.1, -0.05) is 135 Å². The molecule has 11 amide bonds. The Kier molecular flexibility index (Phi) is 33.1. The molecule has 0 saturated carbocycles. The molecule has 2 heterocycles. The number of aliphatic hydroxyl groups is 1. The van der Waals surface area contributed by atoms with E-state index >= 15 is 9.59 Å². The molecule has 2 fully saturated rings. The van der Waals surface area contributed by atoms with Crippen molar-refractivity contribution < 1.29 is 62.6 Å². The summed E-state index contributed by atoms with van der Waals surface area (Å²) in [7, 11) is 0. The number of carbonyl (C=O) groups excluding carboxylic acids is 11. The van der Waals surface area contributed by atoms with E-state index in [1.807, 2.05) is 80.6 Å². The van der Waals surface area contributed by atoms with Gasteiger partial charge in [0, 0.05) is 70.4 Å². The van der Waals surface area contributed by atoms with E-state index in [9.17, 15) is 48.3 Å². The van der Waals surface area contributed by atoms with Crippen LogP contribution in [0.15, 0.2) is 126 Å². The largest absolute Gasteiger partial charge is 0.394 e. The number of morpholine rings is 1. The first-order valence-corrected chi connectivity index (χ1v) is 36.5. The van der Waals surface area contributed by atoms with Gasteiger partial charge in [-0.2, -0.15) is 0 Å². The van der Waals surface area contributed by atoms with Crippen molar-refractivity contribution in [1.29, 1.82) is 0 Å². The first kappa shape index (κ1) is 83.2. The summed E-state index contributed by atoms with van der Waals surface area (Å²) in [5, 5.41) is 37.8. The number of unbranched alkanes of at least 4 members (excludes halogenated alkanes) is 1. The molecule has 0 aromatic heterocycles. The Morgan fingerprint density at radius 1 is 0.538 bits per heavy atom. The molecule has 10 atom stereocenters. The van der Waals surface area contributed by atoms with Gasteiger partial charge in [0.25, 0.3) is 0 Å². The van der Waals surface area contributed by atoms with Gasteiger partial charge in [0.1, 0.15) is 60.4 Å². The third-order valence-corrected chi connectivity index (χ3v) is 18.7. The maximum atomic E-state index is 15.1. The molecular formula is C76H103ClN16O13. The van der Waals surface area contributed by atoms with Crippen molar-refractivity contribution in [3.05, 3.63) is 154 Å². The normalized spacial score (nSPS) is 16.2. The third-order valence-electron chi connectivity index (χ3n) is 18.4. The molecule has 5 aromatic carbocycles. The van der Waals surface area contributed by atoms with Crippen molar-refractivity contribution in [2.45, 2.75) is 172 Å². The zero-order valence-corrected chi connectivity index (χ0v) is 61.4. The average Bonchev–Trinajstić information content (AvgIpc) is 1.47. The van der Waals surface area contributed by atoms with Gasteiger partial charge in [-0.15, -0.1) is 0 Å². The number of nitrogens with zero attached hydrogens (tertiary/aromatic N) is 3. The number of aliphatic imine (C=N–C) groups is 1. The molecule has 572 valence electrons. The predicted molar refractivity (Wildman–Crippen MR) is 401 cm³/mol. The van der Waals surface area contributed by atoms with E-state index in [0.717, 1.165) is 35.0 Å². The summed E-state index contributed by atoms with van der Waals surface area (Å²) in [4.78, 5) is 164. The highest BCUT2D eigenvalue weighted by molar-refractivity contribution is 6.30.